The van der Waals surface area contributed by atoms with Gasteiger partial charge in [-0.15, -0.1) is 0 Å². The van der Waals surface area contributed by atoms with E-state index in [4.69, 9.17) is 16.3 Å². The normalized spacial score (nSPS) is 10.3. The van der Waals surface area contributed by atoms with Crippen molar-refractivity contribution in [3.05, 3.63) is 70.2 Å². The summed E-state index contributed by atoms with van der Waals surface area (Å²) in [5, 5.41) is 3.34. The van der Waals surface area contributed by atoms with Crippen LogP contribution in [0.25, 0.3) is 0 Å². The van der Waals surface area contributed by atoms with Crippen molar-refractivity contribution in [3.8, 4) is 0 Å². The Kier molecular flexibility index (Phi) is 8.01. The van der Waals surface area contributed by atoms with Crippen molar-refractivity contribution < 1.29 is 19.1 Å². The van der Waals surface area contributed by atoms with E-state index in [0.717, 1.165) is 24.0 Å². The van der Waals surface area contributed by atoms with Gasteiger partial charge in [-0.25, -0.2) is 0 Å². The highest BCUT2D eigenvalue weighted by Crippen LogP contribution is 2.11. The zero-order valence-electron chi connectivity index (χ0n) is 15.2. The molecule has 0 aromatic heterocycles. The van der Waals surface area contributed by atoms with E-state index < -0.39 is 5.97 Å². The van der Waals surface area contributed by atoms with Crippen molar-refractivity contribution in [2.45, 2.75) is 26.2 Å². The number of esters is 1. The molecule has 142 valence electrons. The predicted molar refractivity (Wildman–Crippen MR) is 104 cm³/mol. The number of amides is 1. The second kappa shape index (κ2) is 10.5. The van der Waals surface area contributed by atoms with Crippen molar-refractivity contribution in [3.63, 3.8) is 0 Å². The number of rotatable bonds is 9. The van der Waals surface area contributed by atoms with Gasteiger partial charge in [0.1, 0.15) is 0 Å². The van der Waals surface area contributed by atoms with Gasteiger partial charge in [0.15, 0.2) is 12.4 Å². The number of ether oxygens (including phenoxy) is 1. The molecule has 0 heterocycles. The molecule has 0 unspecified atom stereocenters. The number of Topliss-reactive ketones (excluding diaryl/α,β-unsaturated/α-hetero) is 1. The maximum Gasteiger partial charge on any atom is 0.310 e. The van der Waals surface area contributed by atoms with Gasteiger partial charge in [0, 0.05) is 24.1 Å². The summed E-state index contributed by atoms with van der Waals surface area (Å²) in [6.07, 6.45) is 1.73. The molecule has 0 saturated heterocycles. The number of halogens is 1. The fourth-order valence-electron chi connectivity index (χ4n) is 2.46. The molecule has 27 heavy (non-hydrogen) atoms. The van der Waals surface area contributed by atoms with Crippen LogP contribution in [0.4, 0.5) is 0 Å². The SMILES string of the molecule is CC(=O)NCCCc1ccc(C(=O)COC(=O)Cc2ccc(Cl)cc2)cc1. The number of aryl methyl sites for hydroxylation is 1. The first kappa shape index (κ1) is 20.6. The summed E-state index contributed by atoms with van der Waals surface area (Å²) in [7, 11) is 0. The van der Waals surface area contributed by atoms with Crippen LogP contribution in [0.15, 0.2) is 48.5 Å². The predicted octanol–water partition coefficient (Wildman–Crippen LogP) is 3.38. The molecule has 0 aliphatic heterocycles. The van der Waals surface area contributed by atoms with E-state index in [2.05, 4.69) is 5.32 Å². The van der Waals surface area contributed by atoms with E-state index in [9.17, 15) is 14.4 Å². The average Bonchev–Trinajstić information content (AvgIpc) is 2.65. The zero-order valence-corrected chi connectivity index (χ0v) is 15.9. The molecule has 0 bridgehead atoms. The topological polar surface area (TPSA) is 72.5 Å². The summed E-state index contributed by atoms with van der Waals surface area (Å²) < 4.78 is 5.06. The molecule has 2 rings (SSSR count). The third-order valence-corrected chi connectivity index (χ3v) is 4.17. The first-order chi connectivity index (χ1) is 12.9. The third kappa shape index (κ3) is 7.62. The van der Waals surface area contributed by atoms with E-state index in [1.807, 2.05) is 12.1 Å². The Morgan fingerprint density at radius 3 is 2.22 bits per heavy atom. The zero-order chi connectivity index (χ0) is 19.6. The lowest BCUT2D eigenvalue weighted by Gasteiger charge is -2.06. The number of ketones is 1. The molecule has 0 fully saturated rings. The van der Waals surface area contributed by atoms with Crippen LogP contribution in [0, 0.1) is 0 Å². The van der Waals surface area contributed by atoms with Gasteiger partial charge in [-0.05, 0) is 36.1 Å². The largest absolute Gasteiger partial charge is 0.457 e. The van der Waals surface area contributed by atoms with Gasteiger partial charge >= 0.3 is 5.97 Å². The minimum atomic E-state index is -0.458. The molecule has 0 saturated carbocycles. The lowest BCUT2D eigenvalue weighted by atomic mass is 10.1. The molecule has 0 radical (unpaired) electrons. The molecule has 0 aliphatic carbocycles. The van der Waals surface area contributed by atoms with Crippen molar-refractivity contribution in [2.75, 3.05) is 13.2 Å². The number of carbonyl (C=O) groups is 3. The van der Waals surface area contributed by atoms with Gasteiger partial charge in [0.2, 0.25) is 5.91 Å². The van der Waals surface area contributed by atoms with E-state index in [1.54, 1.807) is 36.4 Å². The van der Waals surface area contributed by atoms with Gasteiger partial charge < -0.3 is 10.1 Å². The van der Waals surface area contributed by atoms with Crippen molar-refractivity contribution in [1.82, 2.24) is 5.32 Å². The monoisotopic (exact) mass is 387 g/mol. The maximum atomic E-state index is 12.2. The molecule has 5 nitrogen and oxygen atoms in total. The van der Waals surface area contributed by atoms with Crippen molar-refractivity contribution in [1.29, 1.82) is 0 Å². The number of hydrogen-bond acceptors (Lipinski definition) is 4. The Bertz CT molecular complexity index is 785. The standard InChI is InChI=1S/C21H22ClNO4/c1-15(24)23-12-2-3-16-4-8-18(9-5-16)20(25)14-27-21(26)13-17-6-10-19(22)11-7-17/h4-11H,2-3,12-14H2,1H3,(H,23,24). The van der Waals surface area contributed by atoms with Gasteiger partial charge in [0.25, 0.3) is 0 Å². The highest BCUT2D eigenvalue weighted by Gasteiger charge is 2.11. The van der Waals surface area contributed by atoms with Crippen LogP contribution in [0.2, 0.25) is 5.02 Å². The summed E-state index contributed by atoms with van der Waals surface area (Å²) in [6, 6.07) is 14.1. The summed E-state index contributed by atoms with van der Waals surface area (Å²) in [4.78, 5) is 34.8. The van der Waals surface area contributed by atoms with Crippen LogP contribution in [-0.4, -0.2) is 30.8 Å². The van der Waals surface area contributed by atoms with Crippen LogP contribution in [0.1, 0.15) is 34.8 Å². The molecule has 6 heteroatoms. The number of hydrogen-bond donors (Lipinski definition) is 1. The summed E-state index contributed by atoms with van der Waals surface area (Å²) >= 11 is 5.80. The van der Waals surface area contributed by atoms with Crippen LogP contribution in [-0.2, 0) is 27.2 Å². The van der Waals surface area contributed by atoms with Crippen LogP contribution >= 0.6 is 11.6 Å². The smallest absolute Gasteiger partial charge is 0.310 e. The van der Waals surface area contributed by atoms with E-state index in [-0.39, 0.29) is 24.7 Å². The Hall–Kier alpha value is -2.66. The van der Waals surface area contributed by atoms with Gasteiger partial charge in [-0.1, -0.05) is 48.0 Å². The van der Waals surface area contributed by atoms with Crippen LogP contribution in [0.5, 0.6) is 0 Å². The molecule has 1 amide bonds. The first-order valence-corrected chi connectivity index (χ1v) is 9.08. The van der Waals surface area contributed by atoms with E-state index in [0.29, 0.717) is 17.1 Å². The molecule has 0 aliphatic rings. The summed E-state index contributed by atoms with van der Waals surface area (Å²) in [5.41, 5.74) is 2.36. The van der Waals surface area contributed by atoms with E-state index in [1.165, 1.54) is 6.92 Å². The molecular weight excluding hydrogens is 366 g/mol. The lowest BCUT2D eigenvalue weighted by molar-refractivity contribution is -0.141. The quantitative estimate of drug-likeness (QED) is 0.406. The Balaban J connectivity index is 1.75. The number of benzene rings is 2. The minimum Gasteiger partial charge on any atom is -0.457 e. The lowest BCUT2D eigenvalue weighted by Crippen LogP contribution is -2.21. The summed E-state index contributed by atoms with van der Waals surface area (Å²) in [6.45, 7) is 1.83. The van der Waals surface area contributed by atoms with E-state index >= 15 is 0 Å². The van der Waals surface area contributed by atoms with Crippen LogP contribution in [0.3, 0.4) is 0 Å². The molecule has 0 atom stereocenters. The fourth-order valence-corrected chi connectivity index (χ4v) is 2.59. The molecule has 1 N–H and O–H groups in total. The van der Waals surface area contributed by atoms with Gasteiger partial charge in [0.05, 0.1) is 6.42 Å². The second-order valence-electron chi connectivity index (χ2n) is 6.17. The van der Waals surface area contributed by atoms with Crippen molar-refractivity contribution in [2.24, 2.45) is 0 Å². The Morgan fingerprint density at radius 1 is 0.963 bits per heavy atom. The summed E-state index contributed by atoms with van der Waals surface area (Å²) in [5.74, 6) is -0.744. The molecule has 2 aromatic rings. The van der Waals surface area contributed by atoms with Crippen LogP contribution < -0.4 is 5.32 Å². The minimum absolute atomic E-state index is 0.0402. The Morgan fingerprint density at radius 2 is 1.59 bits per heavy atom. The number of nitrogens with one attached hydrogen (secondary N) is 1. The number of carbonyl (C=O) groups excluding carboxylic acids is 3. The highest BCUT2D eigenvalue weighted by molar-refractivity contribution is 6.30. The third-order valence-electron chi connectivity index (χ3n) is 3.92. The molecule has 0 spiro atoms. The maximum absolute atomic E-state index is 12.2. The van der Waals surface area contributed by atoms with Gasteiger partial charge in [-0.3, -0.25) is 14.4 Å². The second-order valence-corrected chi connectivity index (χ2v) is 6.61. The molecule has 2 aromatic carbocycles. The molecular formula is C21H22ClNO4. The fraction of sp³-hybridized carbons (Fsp3) is 0.286. The van der Waals surface area contributed by atoms with Gasteiger partial charge in [-0.2, -0.15) is 0 Å². The Labute approximate surface area is 163 Å². The highest BCUT2D eigenvalue weighted by atomic mass is 35.5. The van der Waals surface area contributed by atoms with Crippen molar-refractivity contribution >= 4 is 29.3 Å². The average molecular weight is 388 g/mol. The first-order valence-electron chi connectivity index (χ1n) is 8.70.